The van der Waals surface area contributed by atoms with E-state index in [0.717, 1.165) is 12.8 Å². The number of hydrogen-bond donors (Lipinski definition) is 15. The Labute approximate surface area is 453 Å². The molecule has 0 spiro atoms. The van der Waals surface area contributed by atoms with E-state index >= 15 is 0 Å². The molecule has 4 aliphatic heterocycles. The number of hydrogen-bond acceptors (Lipinski definition) is 24. The molecule has 5 aliphatic carbocycles. The van der Waals surface area contributed by atoms with Crippen LogP contribution in [0.5, 0.6) is 0 Å². The zero-order chi connectivity index (χ0) is 57.0. The number of ether oxygens (including phenoxy) is 8. The van der Waals surface area contributed by atoms with Crippen molar-refractivity contribution in [1.82, 2.24) is 0 Å². The molecule has 8 fully saturated rings. The summed E-state index contributed by atoms with van der Waals surface area (Å²) in [6.07, 6.45) is -26.8. The highest BCUT2D eigenvalue weighted by molar-refractivity contribution is 5.79. The van der Waals surface area contributed by atoms with E-state index in [9.17, 15) is 81.4 Å². The molecule has 0 aromatic carbocycles. The number of carbonyl (C=O) groups is 1. The van der Waals surface area contributed by atoms with E-state index in [1.807, 2.05) is 6.92 Å². The van der Waals surface area contributed by atoms with Gasteiger partial charge in [-0.2, -0.15) is 0 Å². The first-order valence-electron chi connectivity index (χ1n) is 28.0. The molecule has 0 bridgehead atoms. The van der Waals surface area contributed by atoms with E-state index in [1.165, 1.54) is 5.57 Å². The van der Waals surface area contributed by atoms with Crippen LogP contribution in [0.25, 0.3) is 0 Å². The maximum Gasteiger partial charge on any atom is 0.315 e. The van der Waals surface area contributed by atoms with Gasteiger partial charge in [0.05, 0.1) is 44.6 Å². The van der Waals surface area contributed by atoms with Crippen LogP contribution in [0.4, 0.5) is 0 Å². The van der Waals surface area contributed by atoms with E-state index in [2.05, 4.69) is 40.7 Å². The summed E-state index contributed by atoms with van der Waals surface area (Å²) in [4.78, 5) is 14.8. The second-order valence-electron chi connectivity index (χ2n) is 26.1. The maximum absolute atomic E-state index is 14.8. The molecule has 0 amide bonds. The lowest BCUT2D eigenvalue weighted by molar-refractivity contribution is -0.400. The molecule has 448 valence electrons. The molecule has 24 heteroatoms. The van der Waals surface area contributed by atoms with Crippen molar-refractivity contribution in [3.05, 3.63) is 11.6 Å². The molecule has 15 N–H and O–H groups in total. The van der Waals surface area contributed by atoms with E-state index in [4.69, 9.17) is 37.9 Å². The third-order valence-corrected chi connectivity index (χ3v) is 21.6. The minimum atomic E-state index is -1.97. The molecule has 78 heavy (non-hydrogen) atoms. The van der Waals surface area contributed by atoms with Gasteiger partial charge >= 0.3 is 5.97 Å². The standard InChI is InChI=1S/C54H88O24/c1-49(2)13-15-54(48(70)78-46-41(69)38(66)34(62)27(20-57)73-46)16-14-52(5)23(24(54)17-49)7-8-30-50(3)11-10-31(51(4,22-59)29(50)9-12-53(30,52)6)75-47-43(77-45-40(68)37(65)33(61)26(19-56)72-45)42(35(63)28(21-58)74-47)76-44-39(67)36(64)32(60)25(18-55)71-44/h7,24-47,55-69H,8-22H2,1-6H3/t24-,25+,26+,27-,28+,29+,30+,31-,32+,33+,34-,35+,36-,37-,38+,39+,40+,41-,42-,43+,44-,45-,46+,47-,50-,51-,52?,53?,54?/m0/s1. The van der Waals surface area contributed by atoms with Crippen molar-refractivity contribution >= 4 is 5.97 Å². The third kappa shape index (κ3) is 9.76. The van der Waals surface area contributed by atoms with Gasteiger partial charge in [-0.1, -0.05) is 53.2 Å². The predicted octanol–water partition coefficient (Wildman–Crippen LogP) is -3.06. The number of aliphatic hydroxyl groups is 15. The summed E-state index contributed by atoms with van der Waals surface area (Å²) in [6, 6.07) is 0. The Bertz CT molecular complexity index is 2130. The van der Waals surface area contributed by atoms with Crippen LogP contribution >= 0.6 is 0 Å². The fraction of sp³-hybridized carbons (Fsp3) is 0.944. The predicted molar refractivity (Wildman–Crippen MR) is 264 cm³/mol. The molecule has 4 saturated heterocycles. The summed E-state index contributed by atoms with van der Waals surface area (Å²) in [7, 11) is 0. The topological polar surface area (TPSA) is 394 Å². The van der Waals surface area contributed by atoms with Gasteiger partial charge in [0.25, 0.3) is 0 Å². The highest BCUT2D eigenvalue weighted by Gasteiger charge is 2.71. The van der Waals surface area contributed by atoms with Crippen LogP contribution in [-0.4, -0.2) is 245 Å². The van der Waals surface area contributed by atoms with Crippen molar-refractivity contribution < 1.29 is 119 Å². The van der Waals surface area contributed by atoms with Gasteiger partial charge in [0.15, 0.2) is 18.9 Å². The second-order valence-corrected chi connectivity index (χ2v) is 26.1. The summed E-state index contributed by atoms with van der Waals surface area (Å²) in [5.41, 5.74) is -2.09. The lowest BCUT2D eigenvalue weighted by Crippen LogP contribution is -2.69. The Morgan fingerprint density at radius 1 is 0.526 bits per heavy atom. The highest BCUT2D eigenvalue weighted by atomic mass is 16.8. The summed E-state index contributed by atoms with van der Waals surface area (Å²) in [6.45, 7) is 9.78. The summed E-state index contributed by atoms with van der Waals surface area (Å²) >= 11 is 0. The second kappa shape index (κ2) is 22.4. The Morgan fingerprint density at radius 2 is 1.01 bits per heavy atom. The normalized spacial score (nSPS) is 54.1. The summed E-state index contributed by atoms with van der Waals surface area (Å²) in [5.74, 6) is -0.919. The fourth-order valence-corrected chi connectivity index (χ4v) is 16.5. The molecular weight excluding hydrogens is 1030 g/mol. The Morgan fingerprint density at radius 3 is 1.55 bits per heavy atom. The van der Waals surface area contributed by atoms with Crippen LogP contribution in [0.2, 0.25) is 0 Å². The van der Waals surface area contributed by atoms with E-state index in [0.29, 0.717) is 51.4 Å². The molecule has 4 saturated carbocycles. The van der Waals surface area contributed by atoms with Crippen molar-refractivity contribution in [1.29, 1.82) is 0 Å². The van der Waals surface area contributed by atoms with E-state index in [-0.39, 0.29) is 35.2 Å². The van der Waals surface area contributed by atoms with Gasteiger partial charge in [0, 0.05) is 5.41 Å². The molecule has 3 unspecified atom stereocenters. The largest absolute Gasteiger partial charge is 0.432 e. The SMILES string of the molecule is CC1(C)CCC2(C(=O)O[C@H]3O[C@@H](CO)[C@H](O)[C@@H](O)[C@@H]3O)CCC3(C)C(=CC[C@H]4C3(C)CC[C@H]3[C@](C)(CO)[C@@H](O[C@@H]5O[C@H](CO)[C@@H](O)[C@H](O[C@@H]6O[C@H](CO)[C@@H](O)[C@H](O)[C@H]6O)[C@H]5O[C@@H]5O[C@H](CO)[C@@H](O)[C@H](O)[C@H]5O)CC[C@@]34C)[C@@H]2C1. The zero-order valence-electron chi connectivity index (χ0n) is 45.4. The average Bonchev–Trinajstić information content (AvgIpc) is 2.65. The molecule has 24 nitrogen and oxygen atoms in total. The van der Waals surface area contributed by atoms with Crippen molar-refractivity contribution in [2.24, 2.45) is 50.2 Å². The van der Waals surface area contributed by atoms with Crippen LogP contribution < -0.4 is 0 Å². The first-order valence-corrected chi connectivity index (χ1v) is 28.0. The van der Waals surface area contributed by atoms with Crippen LogP contribution in [0.15, 0.2) is 11.6 Å². The Hall–Kier alpha value is -1.67. The number of esters is 1. The maximum atomic E-state index is 14.8. The van der Waals surface area contributed by atoms with Crippen molar-refractivity contribution in [3.8, 4) is 0 Å². The van der Waals surface area contributed by atoms with E-state index in [1.54, 1.807) is 0 Å². The van der Waals surface area contributed by atoms with E-state index < -0.39 is 183 Å². The number of aliphatic hydroxyl groups excluding tert-OH is 15. The van der Waals surface area contributed by atoms with Gasteiger partial charge in [0.2, 0.25) is 6.29 Å². The first kappa shape index (κ1) is 60.9. The van der Waals surface area contributed by atoms with Gasteiger partial charge < -0.3 is 114 Å². The molecule has 9 rings (SSSR count). The molecule has 29 atom stereocenters. The highest BCUT2D eigenvalue weighted by Crippen LogP contribution is 2.76. The molecule has 0 aromatic heterocycles. The van der Waals surface area contributed by atoms with Gasteiger partial charge in [-0.05, 0) is 104 Å². The van der Waals surface area contributed by atoms with Gasteiger partial charge in [-0.3, -0.25) is 4.79 Å². The van der Waals surface area contributed by atoms with Crippen molar-refractivity contribution in [2.75, 3.05) is 33.0 Å². The summed E-state index contributed by atoms with van der Waals surface area (Å²) in [5, 5.41) is 161. The van der Waals surface area contributed by atoms with Crippen LogP contribution in [0.1, 0.15) is 106 Å². The molecule has 4 heterocycles. The Balaban J connectivity index is 1.01. The average molecular weight is 1120 g/mol. The molecule has 9 aliphatic rings. The number of rotatable bonds is 13. The number of carbonyl (C=O) groups excluding carboxylic acids is 1. The van der Waals surface area contributed by atoms with Crippen LogP contribution in [0.3, 0.4) is 0 Å². The zero-order valence-corrected chi connectivity index (χ0v) is 45.4. The van der Waals surface area contributed by atoms with Crippen molar-refractivity contribution in [2.45, 2.75) is 235 Å². The Kier molecular flexibility index (Phi) is 17.5. The molecular formula is C54H88O24. The number of fused-ring (bicyclic) bond motifs is 7. The molecule has 0 radical (unpaired) electrons. The monoisotopic (exact) mass is 1120 g/mol. The third-order valence-electron chi connectivity index (χ3n) is 21.6. The van der Waals surface area contributed by atoms with Crippen molar-refractivity contribution in [3.63, 3.8) is 0 Å². The minimum Gasteiger partial charge on any atom is -0.432 e. The van der Waals surface area contributed by atoms with Gasteiger partial charge in [0.1, 0.15) is 97.7 Å². The smallest absolute Gasteiger partial charge is 0.315 e. The number of allylic oxidation sites excluding steroid dienone is 2. The minimum absolute atomic E-state index is 0.0629. The first-order chi connectivity index (χ1) is 36.6. The van der Waals surface area contributed by atoms with Crippen LogP contribution in [-0.2, 0) is 42.7 Å². The lowest BCUT2D eigenvalue weighted by Gasteiger charge is -2.71. The quantitative estimate of drug-likeness (QED) is 0.0494. The molecule has 0 aromatic rings. The van der Waals surface area contributed by atoms with Gasteiger partial charge in [-0.25, -0.2) is 0 Å². The lowest BCUT2D eigenvalue weighted by atomic mass is 9.33. The van der Waals surface area contributed by atoms with Gasteiger partial charge in [-0.15, -0.1) is 0 Å². The van der Waals surface area contributed by atoms with Crippen LogP contribution in [0, 0.1) is 50.2 Å². The summed E-state index contributed by atoms with van der Waals surface area (Å²) < 4.78 is 48.7. The fourth-order valence-electron chi connectivity index (χ4n) is 16.5.